The molecule has 1 aliphatic carbocycles. The molecule has 1 aromatic carbocycles. The number of nitrogens with one attached hydrogen (secondary N) is 1. The fourth-order valence-electron chi connectivity index (χ4n) is 1.70. The van der Waals surface area contributed by atoms with Crippen molar-refractivity contribution in [3.8, 4) is 6.07 Å². The zero-order chi connectivity index (χ0) is 13.3. The van der Waals surface area contributed by atoms with Gasteiger partial charge in [-0.1, -0.05) is 15.9 Å². The Balaban J connectivity index is 2.09. The van der Waals surface area contributed by atoms with Crippen molar-refractivity contribution in [2.24, 2.45) is 11.8 Å². The summed E-state index contributed by atoms with van der Waals surface area (Å²) in [4.78, 5) is 22.4. The van der Waals surface area contributed by atoms with Crippen LogP contribution in [0, 0.1) is 23.2 Å². The fourth-order valence-corrected chi connectivity index (χ4v) is 2.06. The number of nitrogens with zero attached hydrogens (tertiary/aromatic N) is 1. The number of halogens is 1. The molecule has 2 unspecified atom stereocenters. The first kappa shape index (κ1) is 12.6. The molecule has 1 amide bonds. The summed E-state index contributed by atoms with van der Waals surface area (Å²) in [5, 5.41) is 20.3. The van der Waals surface area contributed by atoms with Gasteiger partial charge in [-0.05, 0) is 24.6 Å². The minimum Gasteiger partial charge on any atom is -0.481 e. The van der Waals surface area contributed by atoms with Crippen molar-refractivity contribution >= 4 is 33.5 Å². The van der Waals surface area contributed by atoms with Crippen LogP contribution in [0.2, 0.25) is 0 Å². The molecule has 1 aliphatic rings. The first-order valence-electron chi connectivity index (χ1n) is 5.26. The molecule has 92 valence electrons. The van der Waals surface area contributed by atoms with Crippen molar-refractivity contribution in [1.29, 1.82) is 5.26 Å². The second-order valence-electron chi connectivity index (χ2n) is 4.08. The van der Waals surface area contributed by atoms with Crippen LogP contribution in [0.15, 0.2) is 22.7 Å². The van der Waals surface area contributed by atoms with Gasteiger partial charge in [-0.25, -0.2) is 0 Å². The van der Waals surface area contributed by atoms with E-state index in [1.54, 1.807) is 18.2 Å². The number of amides is 1. The summed E-state index contributed by atoms with van der Waals surface area (Å²) in [5.41, 5.74) is 0.743. The third-order valence-corrected chi connectivity index (χ3v) is 3.30. The SMILES string of the molecule is N#Cc1cc(Br)ccc1NC(=O)C1CC1C(=O)O. The molecule has 6 heteroatoms. The largest absolute Gasteiger partial charge is 0.481 e. The second-order valence-corrected chi connectivity index (χ2v) is 4.99. The average molecular weight is 309 g/mol. The molecule has 1 aromatic rings. The van der Waals surface area contributed by atoms with E-state index in [-0.39, 0.29) is 5.91 Å². The molecule has 1 saturated carbocycles. The van der Waals surface area contributed by atoms with Crippen LogP contribution >= 0.6 is 15.9 Å². The number of aliphatic carboxylic acids is 1. The van der Waals surface area contributed by atoms with Crippen molar-refractivity contribution in [2.45, 2.75) is 6.42 Å². The quantitative estimate of drug-likeness (QED) is 0.893. The molecule has 2 N–H and O–H groups in total. The van der Waals surface area contributed by atoms with Gasteiger partial charge in [0.15, 0.2) is 0 Å². The van der Waals surface area contributed by atoms with Crippen molar-refractivity contribution in [2.75, 3.05) is 5.32 Å². The fraction of sp³-hybridized carbons (Fsp3) is 0.250. The van der Waals surface area contributed by atoms with Crippen LogP contribution in [0.25, 0.3) is 0 Å². The Morgan fingerprint density at radius 1 is 1.44 bits per heavy atom. The lowest BCUT2D eigenvalue weighted by Crippen LogP contribution is -2.17. The molecule has 0 saturated heterocycles. The van der Waals surface area contributed by atoms with Crippen molar-refractivity contribution in [3.05, 3.63) is 28.2 Å². The van der Waals surface area contributed by atoms with E-state index in [1.165, 1.54) is 0 Å². The van der Waals surface area contributed by atoms with Gasteiger partial charge in [0.2, 0.25) is 5.91 Å². The van der Waals surface area contributed by atoms with Crippen LogP contribution in [-0.2, 0) is 9.59 Å². The molecule has 0 heterocycles. The highest BCUT2D eigenvalue weighted by molar-refractivity contribution is 9.10. The summed E-state index contributed by atoms with van der Waals surface area (Å²) in [6.45, 7) is 0. The van der Waals surface area contributed by atoms with Crippen molar-refractivity contribution in [3.63, 3.8) is 0 Å². The number of anilines is 1. The van der Waals surface area contributed by atoms with Gasteiger partial charge in [0.05, 0.1) is 23.1 Å². The Morgan fingerprint density at radius 3 is 2.72 bits per heavy atom. The van der Waals surface area contributed by atoms with E-state index in [2.05, 4.69) is 21.2 Å². The van der Waals surface area contributed by atoms with E-state index in [0.717, 1.165) is 4.47 Å². The highest BCUT2D eigenvalue weighted by Gasteiger charge is 2.48. The van der Waals surface area contributed by atoms with Gasteiger partial charge in [0.25, 0.3) is 0 Å². The van der Waals surface area contributed by atoms with Gasteiger partial charge in [0, 0.05) is 4.47 Å². The van der Waals surface area contributed by atoms with Gasteiger partial charge in [-0.3, -0.25) is 9.59 Å². The summed E-state index contributed by atoms with van der Waals surface area (Å²) in [6, 6.07) is 6.88. The molecule has 0 radical (unpaired) electrons. The van der Waals surface area contributed by atoms with Crippen molar-refractivity contribution in [1.82, 2.24) is 0 Å². The van der Waals surface area contributed by atoms with E-state index in [0.29, 0.717) is 17.7 Å². The van der Waals surface area contributed by atoms with E-state index >= 15 is 0 Å². The smallest absolute Gasteiger partial charge is 0.307 e. The molecule has 18 heavy (non-hydrogen) atoms. The molecule has 1 fully saturated rings. The maximum Gasteiger partial charge on any atom is 0.307 e. The molecule has 2 atom stereocenters. The lowest BCUT2D eigenvalue weighted by Gasteiger charge is -2.06. The second kappa shape index (κ2) is 4.78. The highest BCUT2D eigenvalue weighted by atomic mass is 79.9. The number of rotatable bonds is 3. The number of carbonyl (C=O) groups is 2. The highest BCUT2D eigenvalue weighted by Crippen LogP contribution is 2.39. The first-order chi connectivity index (χ1) is 8.52. The Kier molecular flexibility index (Phi) is 3.34. The number of benzene rings is 1. The third-order valence-electron chi connectivity index (χ3n) is 2.80. The van der Waals surface area contributed by atoms with Crippen LogP contribution < -0.4 is 5.32 Å². The molecule has 5 nitrogen and oxygen atoms in total. The van der Waals surface area contributed by atoms with Crippen LogP contribution in [-0.4, -0.2) is 17.0 Å². The van der Waals surface area contributed by atoms with Gasteiger partial charge in [-0.15, -0.1) is 0 Å². The van der Waals surface area contributed by atoms with E-state index in [9.17, 15) is 9.59 Å². The van der Waals surface area contributed by atoms with Gasteiger partial charge in [-0.2, -0.15) is 5.26 Å². The zero-order valence-electron chi connectivity index (χ0n) is 9.18. The Bertz CT molecular complexity index is 565. The number of carbonyl (C=O) groups excluding carboxylic acids is 1. The van der Waals surface area contributed by atoms with Crippen LogP contribution in [0.3, 0.4) is 0 Å². The Labute approximate surface area is 112 Å². The monoisotopic (exact) mass is 308 g/mol. The number of carboxylic acids is 1. The molecule has 2 rings (SSSR count). The number of nitriles is 1. The van der Waals surface area contributed by atoms with E-state index < -0.39 is 17.8 Å². The minimum atomic E-state index is -0.952. The Hall–Kier alpha value is -1.87. The molecule has 0 spiro atoms. The van der Waals surface area contributed by atoms with Gasteiger partial charge in [0.1, 0.15) is 6.07 Å². The standard InChI is InChI=1S/C12H9BrN2O3/c13-7-1-2-10(6(3-7)5-14)15-11(16)8-4-9(8)12(17)18/h1-3,8-9H,4H2,(H,15,16)(H,17,18). The summed E-state index contributed by atoms with van der Waals surface area (Å²) in [5.74, 6) is -2.38. The van der Waals surface area contributed by atoms with Crippen LogP contribution in [0.5, 0.6) is 0 Å². The topological polar surface area (TPSA) is 90.2 Å². The van der Waals surface area contributed by atoms with Crippen molar-refractivity contribution < 1.29 is 14.7 Å². The lowest BCUT2D eigenvalue weighted by atomic mass is 10.2. The van der Waals surface area contributed by atoms with E-state index in [1.807, 2.05) is 6.07 Å². The summed E-state index contributed by atoms with van der Waals surface area (Å²) in [7, 11) is 0. The molecular formula is C12H9BrN2O3. The van der Waals surface area contributed by atoms with Gasteiger partial charge >= 0.3 is 5.97 Å². The first-order valence-corrected chi connectivity index (χ1v) is 6.05. The predicted octanol–water partition coefficient (Wildman–Crippen LogP) is 1.98. The van der Waals surface area contributed by atoms with E-state index in [4.69, 9.17) is 10.4 Å². The Morgan fingerprint density at radius 2 is 2.17 bits per heavy atom. The predicted molar refractivity (Wildman–Crippen MR) is 66.7 cm³/mol. The summed E-state index contributed by atoms with van der Waals surface area (Å²) in [6.07, 6.45) is 0.361. The number of hydrogen-bond donors (Lipinski definition) is 2. The maximum absolute atomic E-state index is 11.7. The number of carboxylic acid groups (broad SMARTS) is 1. The molecule has 0 aliphatic heterocycles. The summed E-state index contributed by atoms with van der Waals surface area (Å²) >= 11 is 3.23. The zero-order valence-corrected chi connectivity index (χ0v) is 10.8. The summed E-state index contributed by atoms with van der Waals surface area (Å²) < 4.78 is 0.742. The number of hydrogen-bond acceptors (Lipinski definition) is 3. The molecule has 0 aromatic heterocycles. The maximum atomic E-state index is 11.7. The third kappa shape index (κ3) is 2.51. The van der Waals surface area contributed by atoms with Crippen LogP contribution in [0.4, 0.5) is 5.69 Å². The average Bonchev–Trinajstić information content (AvgIpc) is 3.11. The lowest BCUT2D eigenvalue weighted by molar-refractivity contribution is -0.139. The minimum absolute atomic E-state index is 0.338. The normalized spacial score (nSPS) is 20.9. The van der Waals surface area contributed by atoms with Gasteiger partial charge < -0.3 is 10.4 Å². The molecular weight excluding hydrogens is 300 g/mol. The van der Waals surface area contributed by atoms with Crippen LogP contribution in [0.1, 0.15) is 12.0 Å². The molecule has 0 bridgehead atoms.